The molecule has 1 heterocycles. The van der Waals surface area contributed by atoms with E-state index in [0.29, 0.717) is 17.9 Å². The minimum atomic E-state index is -0.0801. The van der Waals surface area contributed by atoms with Gasteiger partial charge in [-0.05, 0) is 30.5 Å². The second-order valence-corrected chi connectivity index (χ2v) is 4.04. The SMILES string of the molecule is COc1ccc2c(c1)C(=O)N(CC=O)CCC2. The van der Waals surface area contributed by atoms with Crippen molar-refractivity contribution in [2.45, 2.75) is 12.8 Å². The number of aldehydes is 1. The molecule has 0 saturated carbocycles. The van der Waals surface area contributed by atoms with Gasteiger partial charge in [-0.25, -0.2) is 0 Å². The Labute approximate surface area is 100 Å². The first-order valence-electron chi connectivity index (χ1n) is 5.66. The van der Waals surface area contributed by atoms with Crippen molar-refractivity contribution >= 4 is 12.2 Å². The number of amides is 1. The average Bonchev–Trinajstić information content (AvgIpc) is 2.51. The minimum absolute atomic E-state index is 0.0801. The number of aryl methyl sites for hydroxylation is 1. The molecule has 2 rings (SSSR count). The Morgan fingerprint density at radius 3 is 3.00 bits per heavy atom. The van der Waals surface area contributed by atoms with E-state index in [2.05, 4.69) is 0 Å². The first-order chi connectivity index (χ1) is 8.26. The van der Waals surface area contributed by atoms with Crippen LogP contribution in [0.25, 0.3) is 0 Å². The maximum atomic E-state index is 12.2. The van der Waals surface area contributed by atoms with Crippen LogP contribution < -0.4 is 4.74 Å². The van der Waals surface area contributed by atoms with Crippen LogP contribution in [0.2, 0.25) is 0 Å². The Morgan fingerprint density at radius 1 is 1.47 bits per heavy atom. The smallest absolute Gasteiger partial charge is 0.254 e. The highest BCUT2D eigenvalue weighted by atomic mass is 16.5. The Morgan fingerprint density at radius 2 is 2.29 bits per heavy atom. The topological polar surface area (TPSA) is 46.6 Å². The van der Waals surface area contributed by atoms with Crippen molar-refractivity contribution in [2.24, 2.45) is 0 Å². The number of hydrogen-bond acceptors (Lipinski definition) is 3. The zero-order chi connectivity index (χ0) is 12.3. The van der Waals surface area contributed by atoms with Gasteiger partial charge in [-0.2, -0.15) is 0 Å². The highest BCUT2D eigenvalue weighted by Gasteiger charge is 2.22. The summed E-state index contributed by atoms with van der Waals surface area (Å²) in [6.07, 6.45) is 2.52. The third-order valence-corrected chi connectivity index (χ3v) is 3.00. The number of benzene rings is 1. The van der Waals surface area contributed by atoms with Crippen molar-refractivity contribution in [1.82, 2.24) is 4.90 Å². The summed E-state index contributed by atoms with van der Waals surface area (Å²) in [5.74, 6) is 0.591. The summed E-state index contributed by atoms with van der Waals surface area (Å²) >= 11 is 0. The van der Waals surface area contributed by atoms with E-state index in [1.54, 1.807) is 18.1 Å². The monoisotopic (exact) mass is 233 g/mol. The van der Waals surface area contributed by atoms with Gasteiger partial charge in [0, 0.05) is 12.1 Å². The molecule has 0 N–H and O–H groups in total. The van der Waals surface area contributed by atoms with E-state index in [0.717, 1.165) is 24.7 Å². The van der Waals surface area contributed by atoms with Crippen molar-refractivity contribution in [3.05, 3.63) is 29.3 Å². The van der Waals surface area contributed by atoms with Crippen molar-refractivity contribution in [2.75, 3.05) is 20.2 Å². The van der Waals surface area contributed by atoms with E-state index in [1.807, 2.05) is 12.1 Å². The Hall–Kier alpha value is -1.84. The molecule has 4 nitrogen and oxygen atoms in total. The van der Waals surface area contributed by atoms with Crippen molar-refractivity contribution in [3.63, 3.8) is 0 Å². The fourth-order valence-electron chi connectivity index (χ4n) is 2.10. The van der Waals surface area contributed by atoms with Crippen LogP contribution in [0.5, 0.6) is 5.75 Å². The number of hydrogen-bond donors (Lipinski definition) is 0. The lowest BCUT2D eigenvalue weighted by atomic mass is 10.0. The summed E-state index contributed by atoms with van der Waals surface area (Å²) in [6.45, 7) is 0.796. The van der Waals surface area contributed by atoms with E-state index in [4.69, 9.17) is 4.74 Å². The first-order valence-corrected chi connectivity index (χ1v) is 5.66. The molecule has 1 aliphatic heterocycles. The van der Waals surface area contributed by atoms with Crippen LogP contribution in [0, 0.1) is 0 Å². The first kappa shape index (κ1) is 11.6. The van der Waals surface area contributed by atoms with Gasteiger partial charge in [-0.3, -0.25) is 4.79 Å². The van der Waals surface area contributed by atoms with Gasteiger partial charge in [0.15, 0.2) is 0 Å². The third kappa shape index (κ3) is 2.30. The molecule has 0 atom stereocenters. The van der Waals surface area contributed by atoms with Crippen LogP contribution in [-0.2, 0) is 11.2 Å². The number of methoxy groups -OCH3 is 1. The Bertz CT molecular complexity index is 442. The van der Waals surface area contributed by atoms with Crippen LogP contribution in [0.1, 0.15) is 22.3 Å². The molecule has 0 saturated heterocycles. The lowest BCUT2D eigenvalue weighted by molar-refractivity contribution is -0.108. The molecule has 1 aliphatic rings. The van der Waals surface area contributed by atoms with E-state index in [9.17, 15) is 9.59 Å². The molecule has 1 aromatic rings. The van der Waals surface area contributed by atoms with Crippen molar-refractivity contribution < 1.29 is 14.3 Å². The molecule has 1 aromatic carbocycles. The average molecular weight is 233 g/mol. The summed E-state index contributed by atoms with van der Waals surface area (Å²) in [7, 11) is 1.58. The fraction of sp³-hybridized carbons (Fsp3) is 0.385. The summed E-state index contributed by atoms with van der Waals surface area (Å²) < 4.78 is 5.12. The number of carbonyl (C=O) groups is 2. The van der Waals surface area contributed by atoms with Gasteiger partial charge >= 0.3 is 0 Å². The van der Waals surface area contributed by atoms with E-state index in [-0.39, 0.29) is 12.5 Å². The molecular formula is C13H15NO3. The lowest BCUT2D eigenvalue weighted by Crippen LogP contribution is -2.32. The zero-order valence-corrected chi connectivity index (χ0v) is 9.81. The molecule has 0 spiro atoms. The molecular weight excluding hydrogens is 218 g/mol. The molecule has 0 aromatic heterocycles. The predicted molar refractivity (Wildman–Crippen MR) is 63.3 cm³/mol. The summed E-state index contributed by atoms with van der Waals surface area (Å²) in [5.41, 5.74) is 1.69. The van der Waals surface area contributed by atoms with E-state index in [1.165, 1.54) is 0 Å². The minimum Gasteiger partial charge on any atom is -0.497 e. The van der Waals surface area contributed by atoms with Gasteiger partial charge in [-0.1, -0.05) is 6.07 Å². The molecule has 0 radical (unpaired) electrons. The number of nitrogens with zero attached hydrogens (tertiary/aromatic N) is 1. The molecule has 17 heavy (non-hydrogen) atoms. The summed E-state index contributed by atoms with van der Waals surface area (Å²) in [4.78, 5) is 24.3. The van der Waals surface area contributed by atoms with Crippen molar-refractivity contribution in [3.8, 4) is 5.75 Å². The fourth-order valence-corrected chi connectivity index (χ4v) is 2.10. The zero-order valence-electron chi connectivity index (χ0n) is 9.81. The van der Waals surface area contributed by atoms with Gasteiger partial charge in [0.1, 0.15) is 12.0 Å². The highest BCUT2D eigenvalue weighted by Crippen LogP contribution is 2.23. The predicted octanol–water partition coefficient (Wildman–Crippen LogP) is 1.28. The molecule has 90 valence electrons. The second kappa shape index (κ2) is 4.99. The Balaban J connectivity index is 2.38. The summed E-state index contributed by atoms with van der Waals surface area (Å²) in [6, 6.07) is 5.54. The number of ether oxygens (including phenoxy) is 1. The van der Waals surface area contributed by atoms with E-state index < -0.39 is 0 Å². The molecule has 0 fully saturated rings. The van der Waals surface area contributed by atoms with Crippen LogP contribution >= 0.6 is 0 Å². The molecule has 0 bridgehead atoms. The van der Waals surface area contributed by atoms with Crippen LogP contribution in [0.15, 0.2) is 18.2 Å². The molecule has 4 heteroatoms. The number of rotatable bonds is 3. The van der Waals surface area contributed by atoms with Gasteiger partial charge in [0.05, 0.1) is 13.7 Å². The lowest BCUT2D eigenvalue weighted by Gasteiger charge is -2.17. The number of fused-ring (bicyclic) bond motifs is 1. The molecule has 0 unspecified atom stereocenters. The third-order valence-electron chi connectivity index (χ3n) is 3.00. The van der Waals surface area contributed by atoms with Gasteiger partial charge in [0.2, 0.25) is 0 Å². The largest absolute Gasteiger partial charge is 0.497 e. The highest BCUT2D eigenvalue weighted by molar-refractivity contribution is 5.97. The maximum absolute atomic E-state index is 12.2. The van der Waals surface area contributed by atoms with Gasteiger partial charge in [0.25, 0.3) is 5.91 Å². The molecule has 0 aliphatic carbocycles. The van der Waals surface area contributed by atoms with E-state index >= 15 is 0 Å². The quantitative estimate of drug-likeness (QED) is 0.739. The second-order valence-electron chi connectivity index (χ2n) is 4.04. The van der Waals surface area contributed by atoms with Gasteiger partial charge < -0.3 is 14.4 Å². The summed E-state index contributed by atoms with van der Waals surface area (Å²) in [5, 5.41) is 0. The number of carbonyl (C=O) groups excluding carboxylic acids is 2. The van der Waals surface area contributed by atoms with Gasteiger partial charge in [-0.15, -0.1) is 0 Å². The van der Waals surface area contributed by atoms with Crippen LogP contribution in [-0.4, -0.2) is 37.3 Å². The van der Waals surface area contributed by atoms with Crippen molar-refractivity contribution in [1.29, 1.82) is 0 Å². The normalized spacial score (nSPS) is 15.1. The molecule has 1 amide bonds. The maximum Gasteiger partial charge on any atom is 0.254 e. The Kier molecular flexibility index (Phi) is 3.42. The standard InChI is InChI=1S/C13H15NO3/c1-17-11-5-4-10-3-2-6-14(7-8-15)13(16)12(10)9-11/h4-5,8-9H,2-3,6-7H2,1H3. The van der Waals surface area contributed by atoms with Crippen LogP contribution in [0.3, 0.4) is 0 Å². The van der Waals surface area contributed by atoms with Crippen LogP contribution in [0.4, 0.5) is 0 Å².